The van der Waals surface area contributed by atoms with E-state index < -0.39 is 0 Å². The number of rotatable bonds is 8. The van der Waals surface area contributed by atoms with E-state index in [4.69, 9.17) is 14.6 Å². The number of amides is 1. The summed E-state index contributed by atoms with van der Waals surface area (Å²) in [5.41, 5.74) is 0. The van der Waals surface area contributed by atoms with Crippen molar-refractivity contribution >= 4 is 5.91 Å². The highest BCUT2D eigenvalue weighted by molar-refractivity contribution is 5.72. The molecule has 0 bridgehead atoms. The molecule has 0 atom stereocenters. The molecule has 0 unspecified atom stereocenters. The number of aliphatic hydroxyl groups excluding tert-OH is 1. The van der Waals surface area contributed by atoms with Crippen molar-refractivity contribution < 1.29 is 19.4 Å². The lowest BCUT2D eigenvalue weighted by Gasteiger charge is -2.04. The molecule has 0 aromatic rings. The van der Waals surface area contributed by atoms with Gasteiger partial charge in [0.15, 0.2) is 0 Å². The van der Waals surface area contributed by atoms with Crippen molar-refractivity contribution in [1.82, 2.24) is 5.32 Å². The van der Waals surface area contributed by atoms with Crippen LogP contribution in [0, 0.1) is 0 Å². The minimum atomic E-state index is -0.0554. The largest absolute Gasteiger partial charge is 0.394 e. The molecule has 0 saturated heterocycles. The van der Waals surface area contributed by atoms with Crippen LogP contribution in [0.15, 0.2) is 0 Å². The first-order chi connectivity index (χ1) is 7.27. The fourth-order valence-electron chi connectivity index (χ4n) is 0.686. The van der Waals surface area contributed by atoms with Crippen LogP contribution in [-0.4, -0.2) is 50.6 Å². The van der Waals surface area contributed by atoms with Gasteiger partial charge in [-0.2, -0.15) is 0 Å². The van der Waals surface area contributed by atoms with Gasteiger partial charge in [0.25, 0.3) is 0 Å². The number of carbonyl (C=O) groups is 1. The molecule has 0 saturated carbocycles. The minimum absolute atomic E-state index is 0.0336. The van der Waals surface area contributed by atoms with Crippen molar-refractivity contribution in [2.24, 2.45) is 0 Å². The molecule has 0 heterocycles. The minimum Gasteiger partial charge on any atom is -0.394 e. The summed E-state index contributed by atoms with van der Waals surface area (Å²) in [6.45, 7) is 7.81. The quantitative estimate of drug-likeness (QED) is 0.574. The highest BCUT2D eigenvalue weighted by atomic mass is 16.5. The Kier molecular flexibility index (Phi) is 17.7. The average molecular weight is 221 g/mol. The smallest absolute Gasteiger partial charge is 0.216 e. The Morgan fingerprint density at radius 3 is 2.13 bits per heavy atom. The van der Waals surface area contributed by atoms with E-state index in [1.165, 1.54) is 6.92 Å². The number of carbonyl (C=O) groups excluding carboxylic acids is 1. The summed E-state index contributed by atoms with van der Waals surface area (Å²) >= 11 is 0. The Labute approximate surface area is 91.8 Å². The molecule has 1 amide bonds. The zero-order valence-corrected chi connectivity index (χ0v) is 9.91. The highest BCUT2D eigenvalue weighted by Gasteiger charge is 1.91. The van der Waals surface area contributed by atoms with Crippen LogP contribution in [0.25, 0.3) is 0 Å². The van der Waals surface area contributed by atoms with Crippen LogP contribution in [0.3, 0.4) is 0 Å². The van der Waals surface area contributed by atoms with E-state index in [2.05, 4.69) is 5.32 Å². The van der Waals surface area contributed by atoms with E-state index in [1.54, 1.807) is 0 Å². The zero-order chi connectivity index (χ0) is 11.9. The Bertz CT molecular complexity index is 131. The van der Waals surface area contributed by atoms with Crippen molar-refractivity contribution in [2.75, 3.05) is 39.6 Å². The molecule has 5 nitrogen and oxygen atoms in total. The van der Waals surface area contributed by atoms with Gasteiger partial charge in [-0.1, -0.05) is 13.8 Å². The van der Waals surface area contributed by atoms with Gasteiger partial charge in [0.05, 0.1) is 33.0 Å². The third-order valence-electron chi connectivity index (χ3n) is 1.23. The molecule has 0 aromatic heterocycles. The zero-order valence-electron chi connectivity index (χ0n) is 9.91. The van der Waals surface area contributed by atoms with E-state index in [0.29, 0.717) is 33.0 Å². The lowest BCUT2D eigenvalue weighted by molar-refractivity contribution is -0.119. The van der Waals surface area contributed by atoms with E-state index in [-0.39, 0.29) is 12.5 Å². The molecule has 0 aliphatic rings. The Hall–Kier alpha value is -0.650. The number of nitrogens with one attached hydrogen (secondary N) is 1. The van der Waals surface area contributed by atoms with Crippen LogP contribution < -0.4 is 5.32 Å². The van der Waals surface area contributed by atoms with Gasteiger partial charge in [0.2, 0.25) is 5.91 Å². The monoisotopic (exact) mass is 221 g/mol. The first-order valence-electron chi connectivity index (χ1n) is 5.28. The maximum atomic E-state index is 10.4. The topological polar surface area (TPSA) is 67.8 Å². The molecular formula is C10H23NO4. The van der Waals surface area contributed by atoms with Crippen LogP contribution in [0.4, 0.5) is 0 Å². The molecule has 0 spiro atoms. The fourth-order valence-corrected chi connectivity index (χ4v) is 0.686. The second-order valence-electron chi connectivity index (χ2n) is 2.43. The van der Waals surface area contributed by atoms with E-state index in [9.17, 15) is 4.79 Å². The van der Waals surface area contributed by atoms with Gasteiger partial charge < -0.3 is 19.9 Å². The Balaban J connectivity index is 0. The lowest BCUT2D eigenvalue weighted by atomic mass is 10.6. The normalized spacial score (nSPS) is 9.07. The first-order valence-corrected chi connectivity index (χ1v) is 5.28. The predicted octanol–water partition coefficient (Wildman–Crippen LogP) is 0.174. The van der Waals surface area contributed by atoms with Crippen molar-refractivity contribution in [3.8, 4) is 0 Å². The fraction of sp³-hybridized carbons (Fsp3) is 0.900. The third kappa shape index (κ3) is 19.7. The maximum absolute atomic E-state index is 10.4. The molecule has 0 aliphatic carbocycles. The summed E-state index contributed by atoms with van der Waals surface area (Å²) in [4.78, 5) is 10.4. The maximum Gasteiger partial charge on any atom is 0.216 e. The Morgan fingerprint density at radius 1 is 1.13 bits per heavy atom. The van der Waals surface area contributed by atoms with Crippen LogP contribution in [0.5, 0.6) is 0 Å². The number of ether oxygens (including phenoxy) is 2. The van der Waals surface area contributed by atoms with E-state index >= 15 is 0 Å². The van der Waals surface area contributed by atoms with Crippen LogP contribution >= 0.6 is 0 Å². The van der Waals surface area contributed by atoms with E-state index in [1.807, 2.05) is 13.8 Å². The summed E-state index contributed by atoms with van der Waals surface area (Å²) in [5.74, 6) is -0.0554. The van der Waals surface area contributed by atoms with Crippen molar-refractivity contribution in [3.05, 3.63) is 0 Å². The highest BCUT2D eigenvalue weighted by Crippen LogP contribution is 1.77. The molecule has 0 aliphatic heterocycles. The SMILES string of the molecule is CC.CC(=O)NCCOCCOCCO. The molecule has 0 radical (unpaired) electrons. The third-order valence-corrected chi connectivity index (χ3v) is 1.23. The summed E-state index contributed by atoms with van der Waals surface area (Å²) < 4.78 is 10.1. The number of hydrogen-bond donors (Lipinski definition) is 2. The average Bonchev–Trinajstić information content (AvgIpc) is 2.24. The van der Waals surface area contributed by atoms with Gasteiger partial charge in [0, 0.05) is 13.5 Å². The van der Waals surface area contributed by atoms with Crippen LogP contribution in [-0.2, 0) is 14.3 Å². The van der Waals surface area contributed by atoms with Gasteiger partial charge in [-0.05, 0) is 0 Å². The first kappa shape index (κ1) is 16.8. The van der Waals surface area contributed by atoms with Crippen molar-refractivity contribution in [3.63, 3.8) is 0 Å². The number of hydrogen-bond acceptors (Lipinski definition) is 4. The van der Waals surface area contributed by atoms with Gasteiger partial charge in [-0.25, -0.2) is 0 Å². The molecular weight excluding hydrogens is 198 g/mol. The second kappa shape index (κ2) is 15.8. The summed E-state index contributed by atoms with van der Waals surface area (Å²) in [6, 6.07) is 0. The van der Waals surface area contributed by atoms with Crippen LogP contribution in [0.2, 0.25) is 0 Å². The molecule has 92 valence electrons. The summed E-state index contributed by atoms with van der Waals surface area (Å²) in [6.07, 6.45) is 0. The molecule has 0 fully saturated rings. The molecule has 2 N–H and O–H groups in total. The van der Waals surface area contributed by atoms with Gasteiger partial charge in [0.1, 0.15) is 0 Å². The standard InChI is InChI=1S/C8H17NO4.C2H6/c1-8(11)9-2-4-12-6-7-13-5-3-10;1-2/h10H,2-7H2,1H3,(H,9,11);1-2H3. The summed E-state index contributed by atoms with van der Waals surface area (Å²) in [7, 11) is 0. The summed E-state index contributed by atoms with van der Waals surface area (Å²) in [5, 5.41) is 11.0. The van der Waals surface area contributed by atoms with Crippen molar-refractivity contribution in [2.45, 2.75) is 20.8 Å². The number of aliphatic hydroxyl groups is 1. The lowest BCUT2D eigenvalue weighted by Crippen LogP contribution is -2.25. The van der Waals surface area contributed by atoms with Crippen LogP contribution in [0.1, 0.15) is 20.8 Å². The Morgan fingerprint density at radius 2 is 1.67 bits per heavy atom. The van der Waals surface area contributed by atoms with Gasteiger partial charge in [-0.15, -0.1) is 0 Å². The second-order valence-corrected chi connectivity index (χ2v) is 2.43. The molecule has 15 heavy (non-hydrogen) atoms. The molecule has 0 rings (SSSR count). The van der Waals surface area contributed by atoms with Crippen molar-refractivity contribution in [1.29, 1.82) is 0 Å². The molecule has 0 aromatic carbocycles. The van der Waals surface area contributed by atoms with E-state index in [0.717, 1.165) is 0 Å². The molecule has 5 heteroatoms. The van der Waals surface area contributed by atoms with Gasteiger partial charge >= 0.3 is 0 Å². The predicted molar refractivity (Wildman–Crippen MR) is 58.8 cm³/mol. The van der Waals surface area contributed by atoms with Gasteiger partial charge in [-0.3, -0.25) is 4.79 Å².